The van der Waals surface area contributed by atoms with Gasteiger partial charge in [0.25, 0.3) is 10.1 Å². The van der Waals surface area contributed by atoms with E-state index < -0.39 is 51.7 Å². The fraction of sp³-hybridized carbons (Fsp3) is 0.692. The van der Waals surface area contributed by atoms with Gasteiger partial charge >= 0.3 is 11.9 Å². The minimum atomic E-state index is -3.63. The van der Waals surface area contributed by atoms with Gasteiger partial charge in [-0.15, -0.1) is 0 Å². The van der Waals surface area contributed by atoms with E-state index in [4.69, 9.17) is 18.4 Å². The normalized spacial score (nSPS) is 37.0. The van der Waals surface area contributed by atoms with Crippen LogP contribution in [0.15, 0.2) is 12.2 Å². The van der Waals surface area contributed by atoms with Gasteiger partial charge < -0.3 is 14.2 Å². The quantitative estimate of drug-likeness (QED) is 0.383. The Morgan fingerprint density at radius 1 is 1.32 bits per heavy atom. The average molecular weight is 332 g/mol. The van der Waals surface area contributed by atoms with Gasteiger partial charge in [-0.05, 0) is 13.3 Å². The Kier molecular flexibility index (Phi) is 3.74. The zero-order chi connectivity index (χ0) is 16.1. The topological polar surface area (TPSA) is 105 Å². The van der Waals surface area contributed by atoms with Crippen molar-refractivity contribution in [3.05, 3.63) is 12.2 Å². The number of fused-ring (bicyclic) bond motifs is 1. The number of carbonyl (C=O) groups excluding carboxylic acids is 2. The zero-order valence-corrected chi connectivity index (χ0v) is 12.7. The largest absolute Gasteiger partial charge is 0.462 e. The van der Waals surface area contributed by atoms with Gasteiger partial charge in [0, 0.05) is 5.57 Å². The monoisotopic (exact) mass is 332 g/mol. The molecule has 122 valence electrons. The molecule has 9 heteroatoms. The van der Waals surface area contributed by atoms with Crippen molar-refractivity contribution < 1.29 is 36.4 Å². The van der Waals surface area contributed by atoms with E-state index in [0.29, 0.717) is 0 Å². The standard InChI is InChI=1S/C13H16O8S/c1-6(2)13(15)18-4-3-9(14)20-10-7-5-8-11(19-7)12(10)21-22(8,16)17/h7-8,10-12H,1,3-5H2,2H3. The molecule has 0 aromatic rings. The molecule has 22 heavy (non-hydrogen) atoms. The van der Waals surface area contributed by atoms with E-state index in [1.165, 1.54) is 6.92 Å². The van der Waals surface area contributed by atoms with Crippen molar-refractivity contribution in [2.45, 2.75) is 49.4 Å². The Hall–Kier alpha value is -1.45. The maximum Gasteiger partial charge on any atom is 0.333 e. The lowest BCUT2D eigenvalue weighted by Crippen LogP contribution is -2.41. The van der Waals surface area contributed by atoms with Gasteiger partial charge in [-0.1, -0.05) is 6.58 Å². The van der Waals surface area contributed by atoms with Crippen LogP contribution in [0.25, 0.3) is 0 Å². The van der Waals surface area contributed by atoms with Crippen molar-refractivity contribution in [3.8, 4) is 0 Å². The van der Waals surface area contributed by atoms with Crippen LogP contribution in [-0.4, -0.2) is 56.6 Å². The van der Waals surface area contributed by atoms with Crippen LogP contribution in [-0.2, 0) is 38.1 Å². The van der Waals surface area contributed by atoms with E-state index in [0.717, 1.165) is 0 Å². The van der Waals surface area contributed by atoms with E-state index in [1.807, 2.05) is 0 Å². The summed E-state index contributed by atoms with van der Waals surface area (Å²) >= 11 is 0. The van der Waals surface area contributed by atoms with Crippen LogP contribution >= 0.6 is 0 Å². The molecule has 5 atom stereocenters. The van der Waals surface area contributed by atoms with Crippen LogP contribution in [0.4, 0.5) is 0 Å². The van der Waals surface area contributed by atoms with Gasteiger partial charge in [-0.3, -0.25) is 8.98 Å². The first kappa shape index (κ1) is 15.4. The molecule has 5 unspecified atom stereocenters. The molecule has 3 rings (SSSR count). The van der Waals surface area contributed by atoms with Gasteiger partial charge in [0.1, 0.15) is 24.1 Å². The highest BCUT2D eigenvalue weighted by Gasteiger charge is 2.67. The minimum absolute atomic E-state index is 0.126. The van der Waals surface area contributed by atoms with Crippen molar-refractivity contribution in [1.82, 2.24) is 0 Å². The Morgan fingerprint density at radius 2 is 2.05 bits per heavy atom. The van der Waals surface area contributed by atoms with Crippen LogP contribution < -0.4 is 0 Å². The lowest BCUT2D eigenvalue weighted by molar-refractivity contribution is -0.156. The molecule has 0 saturated carbocycles. The molecule has 2 bridgehead atoms. The summed E-state index contributed by atoms with van der Waals surface area (Å²) in [5, 5.41) is -0.658. The fourth-order valence-electron chi connectivity index (χ4n) is 2.93. The van der Waals surface area contributed by atoms with Crippen molar-refractivity contribution >= 4 is 22.1 Å². The molecule has 0 N–H and O–H groups in total. The molecule has 0 aromatic heterocycles. The Morgan fingerprint density at radius 3 is 2.73 bits per heavy atom. The number of ether oxygens (including phenoxy) is 3. The van der Waals surface area contributed by atoms with Gasteiger partial charge in [-0.2, -0.15) is 8.42 Å². The third kappa shape index (κ3) is 2.53. The fourth-order valence-corrected chi connectivity index (χ4v) is 4.57. The molecular formula is C13H16O8S. The predicted molar refractivity (Wildman–Crippen MR) is 71.1 cm³/mol. The summed E-state index contributed by atoms with van der Waals surface area (Å²) in [6, 6.07) is 0. The lowest BCUT2D eigenvalue weighted by atomic mass is 9.94. The van der Waals surface area contributed by atoms with E-state index >= 15 is 0 Å². The highest BCUT2D eigenvalue weighted by Crippen LogP contribution is 2.47. The maximum atomic E-state index is 11.8. The van der Waals surface area contributed by atoms with Crippen molar-refractivity contribution in [3.63, 3.8) is 0 Å². The van der Waals surface area contributed by atoms with E-state index in [9.17, 15) is 18.0 Å². The number of carbonyl (C=O) groups is 2. The van der Waals surface area contributed by atoms with Crippen LogP contribution in [0, 0.1) is 0 Å². The van der Waals surface area contributed by atoms with E-state index in [-0.39, 0.29) is 25.0 Å². The molecule has 0 radical (unpaired) electrons. The summed E-state index contributed by atoms with van der Waals surface area (Å²) in [4.78, 5) is 22.9. The second-order valence-electron chi connectivity index (χ2n) is 5.59. The predicted octanol–water partition coefficient (Wildman–Crippen LogP) is -0.324. The summed E-state index contributed by atoms with van der Waals surface area (Å²) in [6.45, 7) is 4.80. The summed E-state index contributed by atoms with van der Waals surface area (Å²) < 4.78 is 44.0. The smallest absolute Gasteiger partial charge is 0.333 e. The van der Waals surface area contributed by atoms with Crippen molar-refractivity contribution in [2.24, 2.45) is 0 Å². The Bertz CT molecular complexity index is 624. The molecular weight excluding hydrogens is 316 g/mol. The van der Waals surface area contributed by atoms with Gasteiger partial charge in [0.15, 0.2) is 6.10 Å². The van der Waals surface area contributed by atoms with E-state index in [2.05, 4.69) is 6.58 Å². The first-order valence-electron chi connectivity index (χ1n) is 6.89. The van der Waals surface area contributed by atoms with Gasteiger partial charge in [0.2, 0.25) is 0 Å². The summed E-state index contributed by atoms with van der Waals surface area (Å²) in [7, 11) is -3.63. The highest BCUT2D eigenvalue weighted by molar-refractivity contribution is 7.87. The Labute approximate surface area is 127 Å². The number of hydrogen-bond acceptors (Lipinski definition) is 8. The highest BCUT2D eigenvalue weighted by atomic mass is 32.2. The van der Waals surface area contributed by atoms with Crippen LogP contribution in [0.5, 0.6) is 0 Å². The average Bonchev–Trinajstić information content (AvgIpc) is 3.02. The molecule has 3 heterocycles. The molecule has 0 amide bonds. The van der Waals surface area contributed by atoms with Crippen LogP contribution in [0.2, 0.25) is 0 Å². The number of esters is 2. The lowest BCUT2D eigenvalue weighted by Gasteiger charge is -2.21. The SMILES string of the molecule is C=C(C)C(=O)OCCC(=O)OC1C2CC3C(O2)C1OS3(=O)=O. The van der Waals surface area contributed by atoms with Crippen molar-refractivity contribution in [2.75, 3.05) is 6.61 Å². The molecule has 3 aliphatic rings. The maximum absolute atomic E-state index is 11.8. The van der Waals surface area contributed by atoms with Gasteiger partial charge in [0.05, 0.1) is 12.5 Å². The first-order chi connectivity index (χ1) is 10.3. The van der Waals surface area contributed by atoms with Crippen LogP contribution in [0.3, 0.4) is 0 Å². The molecule has 0 aliphatic carbocycles. The molecule has 8 nitrogen and oxygen atoms in total. The molecule has 0 aromatic carbocycles. The first-order valence-corrected chi connectivity index (χ1v) is 8.36. The Balaban J connectivity index is 1.51. The van der Waals surface area contributed by atoms with E-state index in [1.54, 1.807) is 0 Å². The third-order valence-corrected chi connectivity index (χ3v) is 5.64. The second-order valence-corrected chi connectivity index (χ2v) is 7.37. The molecule has 3 aliphatic heterocycles. The van der Waals surface area contributed by atoms with Gasteiger partial charge in [-0.25, -0.2) is 4.79 Å². The summed E-state index contributed by atoms with van der Waals surface area (Å²) in [5.74, 6) is -1.18. The molecule has 0 spiro atoms. The zero-order valence-electron chi connectivity index (χ0n) is 11.9. The molecule has 3 saturated heterocycles. The molecule has 3 fully saturated rings. The van der Waals surface area contributed by atoms with Crippen molar-refractivity contribution in [1.29, 1.82) is 0 Å². The summed E-state index contributed by atoms with van der Waals surface area (Å²) in [5.41, 5.74) is 0.241. The summed E-state index contributed by atoms with van der Waals surface area (Å²) in [6.07, 6.45) is -2.38. The number of hydrogen-bond donors (Lipinski definition) is 0. The number of rotatable bonds is 5. The minimum Gasteiger partial charge on any atom is -0.462 e. The second kappa shape index (κ2) is 5.32. The van der Waals surface area contributed by atoms with Crippen LogP contribution in [0.1, 0.15) is 19.8 Å². The third-order valence-electron chi connectivity index (χ3n) is 3.95.